The number of rotatable bonds is 7. The van der Waals surface area contributed by atoms with E-state index >= 15 is 0 Å². The lowest BCUT2D eigenvalue weighted by molar-refractivity contribution is -0.121. The summed E-state index contributed by atoms with van der Waals surface area (Å²) < 4.78 is 7.82. The van der Waals surface area contributed by atoms with Crippen LogP contribution < -0.4 is 10.1 Å². The Morgan fingerprint density at radius 2 is 2.08 bits per heavy atom. The molecule has 26 heavy (non-hydrogen) atoms. The van der Waals surface area contributed by atoms with Crippen LogP contribution in [0.15, 0.2) is 59.2 Å². The molecule has 0 bridgehead atoms. The Labute approximate surface area is 160 Å². The Morgan fingerprint density at radius 1 is 1.23 bits per heavy atom. The molecule has 1 amide bonds. The molecular formula is C19H19BrN4O2. The molecular weight excluding hydrogens is 396 g/mol. The van der Waals surface area contributed by atoms with Crippen molar-refractivity contribution in [3.63, 3.8) is 0 Å². The zero-order valence-electron chi connectivity index (χ0n) is 14.4. The van der Waals surface area contributed by atoms with Gasteiger partial charge in [-0.15, -0.1) is 5.10 Å². The van der Waals surface area contributed by atoms with Gasteiger partial charge in [0, 0.05) is 16.6 Å². The summed E-state index contributed by atoms with van der Waals surface area (Å²) in [6.07, 6.45) is 2.47. The molecule has 0 radical (unpaired) electrons. The second-order valence-corrected chi connectivity index (χ2v) is 6.64. The fourth-order valence-electron chi connectivity index (χ4n) is 2.60. The van der Waals surface area contributed by atoms with Crippen LogP contribution >= 0.6 is 15.9 Å². The van der Waals surface area contributed by atoms with E-state index in [1.807, 2.05) is 48.5 Å². The van der Waals surface area contributed by atoms with Crippen molar-refractivity contribution in [2.45, 2.75) is 13.0 Å². The van der Waals surface area contributed by atoms with Crippen molar-refractivity contribution in [1.82, 2.24) is 20.3 Å². The van der Waals surface area contributed by atoms with Crippen LogP contribution in [-0.2, 0) is 17.8 Å². The zero-order valence-corrected chi connectivity index (χ0v) is 15.9. The van der Waals surface area contributed by atoms with E-state index in [2.05, 4.69) is 31.6 Å². The minimum absolute atomic E-state index is 0.106. The minimum atomic E-state index is -0.106. The summed E-state index contributed by atoms with van der Waals surface area (Å²) in [6.45, 7) is 0.666. The highest BCUT2D eigenvalue weighted by Gasteiger charge is 2.08. The number of carbonyl (C=O) groups is 1. The second-order valence-electron chi connectivity index (χ2n) is 5.72. The number of benzene rings is 2. The lowest BCUT2D eigenvalue weighted by atomic mass is 10.1. The number of hydrogen-bond donors (Lipinski definition) is 1. The van der Waals surface area contributed by atoms with Crippen molar-refractivity contribution in [3.05, 3.63) is 64.8 Å². The van der Waals surface area contributed by atoms with Gasteiger partial charge in [-0.25, -0.2) is 4.68 Å². The Morgan fingerprint density at radius 3 is 2.88 bits per heavy atom. The summed E-state index contributed by atoms with van der Waals surface area (Å²) in [6, 6.07) is 15.6. The number of ether oxygens (including phenoxy) is 1. The van der Waals surface area contributed by atoms with Crippen LogP contribution in [0.5, 0.6) is 5.75 Å². The maximum atomic E-state index is 12.1. The molecule has 0 aliphatic rings. The number of nitrogens with one attached hydrogen (secondary N) is 1. The standard InChI is InChI=1S/C19H19BrN4O2/c1-26-18-8-3-2-5-14(18)9-10-21-19(25)13-24-12-17(22-23-24)15-6-4-7-16(20)11-15/h2-8,11-12H,9-10,13H2,1H3,(H,21,25). The van der Waals surface area contributed by atoms with Crippen molar-refractivity contribution in [1.29, 1.82) is 0 Å². The summed E-state index contributed by atoms with van der Waals surface area (Å²) in [5.74, 6) is 0.724. The van der Waals surface area contributed by atoms with Crippen LogP contribution in [-0.4, -0.2) is 34.6 Å². The summed E-state index contributed by atoms with van der Waals surface area (Å²) in [4.78, 5) is 12.1. The Bertz CT molecular complexity index is 895. The van der Waals surface area contributed by atoms with Gasteiger partial charge in [0.2, 0.25) is 5.91 Å². The molecule has 0 saturated carbocycles. The van der Waals surface area contributed by atoms with Crippen molar-refractivity contribution < 1.29 is 9.53 Å². The quantitative estimate of drug-likeness (QED) is 0.644. The fraction of sp³-hybridized carbons (Fsp3) is 0.211. The smallest absolute Gasteiger partial charge is 0.241 e. The largest absolute Gasteiger partial charge is 0.496 e. The second kappa shape index (κ2) is 8.62. The number of methoxy groups -OCH3 is 1. The van der Waals surface area contributed by atoms with Gasteiger partial charge in [-0.2, -0.15) is 0 Å². The van der Waals surface area contributed by atoms with E-state index in [-0.39, 0.29) is 12.5 Å². The van der Waals surface area contributed by atoms with Crippen LogP contribution in [0.1, 0.15) is 5.56 Å². The maximum Gasteiger partial charge on any atom is 0.241 e. The first kappa shape index (κ1) is 18.1. The van der Waals surface area contributed by atoms with Crippen molar-refractivity contribution >= 4 is 21.8 Å². The average molecular weight is 415 g/mol. The fourth-order valence-corrected chi connectivity index (χ4v) is 3.00. The topological polar surface area (TPSA) is 69.0 Å². The monoisotopic (exact) mass is 414 g/mol. The van der Waals surface area contributed by atoms with Gasteiger partial charge >= 0.3 is 0 Å². The molecule has 0 spiro atoms. The van der Waals surface area contributed by atoms with Gasteiger partial charge in [-0.3, -0.25) is 4.79 Å². The zero-order chi connectivity index (χ0) is 18.4. The summed E-state index contributed by atoms with van der Waals surface area (Å²) in [5.41, 5.74) is 2.74. The van der Waals surface area contributed by atoms with E-state index in [4.69, 9.17) is 4.74 Å². The molecule has 1 heterocycles. The Hall–Kier alpha value is -2.67. The molecule has 2 aromatic carbocycles. The Balaban J connectivity index is 1.52. The SMILES string of the molecule is COc1ccccc1CCNC(=O)Cn1cc(-c2cccc(Br)c2)nn1. The van der Waals surface area contributed by atoms with E-state index in [1.54, 1.807) is 13.3 Å². The van der Waals surface area contributed by atoms with Gasteiger partial charge in [0.15, 0.2) is 0 Å². The number of amides is 1. The highest BCUT2D eigenvalue weighted by molar-refractivity contribution is 9.10. The average Bonchev–Trinajstić information content (AvgIpc) is 3.10. The first-order valence-corrected chi connectivity index (χ1v) is 8.99. The summed E-state index contributed by atoms with van der Waals surface area (Å²) >= 11 is 3.44. The molecule has 0 unspecified atom stereocenters. The summed E-state index contributed by atoms with van der Waals surface area (Å²) in [7, 11) is 1.64. The van der Waals surface area contributed by atoms with Gasteiger partial charge in [0.1, 0.15) is 18.0 Å². The number of carbonyl (C=O) groups excluding carboxylic acids is 1. The van der Waals surface area contributed by atoms with Crippen molar-refractivity contribution in [2.75, 3.05) is 13.7 Å². The van der Waals surface area contributed by atoms with Crippen LogP contribution in [0.3, 0.4) is 0 Å². The lowest BCUT2D eigenvalue weighted by Gasteiger charge is -2.09. The van der Waals surface area contributed by atoms with Crippen LogP contribution in [0.2, 0.25) is 0 Å². The van der Waals surface area contributed by atoms with E-state index in [1.165, 1.54) is 4.68 Å². The predicted octanol–water partition coefficient (Wildman–Crippen LogP) is 3.08. The third kappa shape index (κ3) is 4.70. The lowest BCUT2D eigenvalue weighted by Crippen LogP contribution is -2.29. The molecule has 0 saturated heterocycles. The number of halogens is 1. The molecule has 0 aliphatic heterocycles. The van der Waals surface area contributed by atoms with Gasteiger partial charge in [-0.05, 0) is 30.2 Å². The molecule has 1 N–H and O–H groups in total. The molecule has 3 aromatic rings. The van der Waals surface area contributed by atoms with E-state index < -0.39 is 0 Å². The molecule has 0 atom stereocenters. The molecule has 0 aliphatic carbocycles. The van der Waals surface area contributed by atoms with Crippen LogP contribution in [0, 0.1) is 0 Å². The van der Waals surface area contributed by atoms with Crippen molar-refractivity contribution in [2.24, 2.45) is 0 Å². The van der Waals surface area contributed by atoms with Crippen LogP contribution in [0.4, 0.5) is 0 Å². The van der Waals surface area contributed by atoms with Gasteiger partial charge in [0.25, 0.3) is 0 Å². The third-order valence-corrected chi connectivity index (χ3v) is 4.37. The summed E-state index contributed by atoms with van der Waals surface area (Å²) in [5, 5.41) is 11.1. The predicted molar refractivity (Wildman–Crippen MR) is 103 cm³/mol. The minimum Gasteiger partial charge on any atom is -0.496 e. The maximum absolute atomic E-state index is 12.1. The van der Waals surface area contributed by atoms with Gasteiger partial charge < -0.3 is 10.1 Å². The Kier molecular flexibility index (Phi) is 6.01. The van der Waals surface area contributed by atoms with E-state index in [0.717, 1.165) is 27.0 Å². The first-order chi connectivity index (χ1) is 12.7. The van der Waals surface area contributed by atoms with Gasteiger partial charge in [0.05, 0.1) is 13.3 Å². The molecule has 1 aromatic heterocycles. The molecule has 3 rings (SSSR count). The normalized spacial score (nSPS) is 10.5. The third-order valence-electron chi connectivity index (χ3n) is 3.87. The highest BCUT2D eigenvalue weighted by atomic mass is 79.9. The number of aromatic nitrogens is 3. The number of hydrogen-bond acceptors (Lipinski definition) is 4. The van der Waals surface area contributed by atoms with Gasteiger partial charge in [-0.1, -0.05) is 51.5 Å². The highest BCUT2D eigenvalue weighted by Crippen LogP contribution is 2.20. The number of nitrogens with zero attached hydrogens (tertiary/aromatic N) is 3. The molecule has 7 heteroatoms. The number of para-hydroxylation sites is 1. The molecule has 6 nitrogen and oxygen atoms in total. The molecule has 134 valence electrons. The van der Waals surface area contributed by atoms with E-state index in [9.17, 15) is 4.79 Å². The molecule has 0 fully saturated rings. The first-order valence-electron chi connectivity index (χ1n) is 8.20. The van der Waals surface area contributed by atoms with Crippen LogP contribution in [0.25, 0.3) is 11.3 Å². The van der Waals surface area contributed by atoms with E-state index in [0.29, 0.717) is 13.0 Å². The van der Waals surface area contributed by atoms with Crippen molar-refractivity contribution in [3.8, 4) is 17.0 Å².